The Morgan fingerprint density at radius 1 is 1.71 bits per heavy atom. The van der Waals surface area contributed by atoms with Gasteiger partial charge in [-0.05, 0) is 6.42 Å². The summed E-state index contributed by atoms with van der Waals surface area (Å²) in [6.45, 7) is 2.67. The molecule has 1 rings (SSSR count). The summed E-state index contributed by atoms with van der Waals surface area (Å²) < 4.78 is 1.60. The molecule has 1 aromatic rings. The van der Waals surface area contributed by atoms with Gasteiger partial charge in [0.25, 0.3) is 0 Å². The molecule has 1 aromatic heterocycles. The predicted molar refractivity (Wildman–Crippen MR) is 47.7 cm³/mol. The molecule has 0 radical (unpaired) electrons. The second-order valence-corrected chi connectivity index (χ2v) is 2.96. The Labute approximate surface area is 81.2 Å². The fraction of sp³-hybridized carbons (Fsp3) is 0.625. The van der Waals surface area contributed by atoms with Crippen LogP contribution in [-0.2, 0) is 17.8 Å². The molecule has 1 atom stereocenters. The number of aryl methyl sites for hydroxylation is 1. The van der Waals surface area contributed by atoms with Crippen LogP contribution in [0.15, 0.2) is 6.33 Å². The Bertz CT molecular complexity index is 311. The average Bonchev–Trinajstić information content (AvgIpc) is 2.53. The molecule has 1 unspecified atom stereocenters. The fourth-order valence-electron chi connectivity index (χ4n) is 1.11. The smallest absolute Gasteiger partial charge is 0.332 e. The van der Waals surface area contributed by atoms with E-state index in [4.69, 9.17) is 10.2 Å². The summed E-state index contributed by atoms with van der Waals surface area (Å²) >= 11 is 0. The highest BCUT2D eigenvalue weighted by molar-refractivity contribution is 5.72. The van der Waals surface area contributed by atoms with E-state index in [1.165, 1.54) is 6.33 Å². The van der Waals surface area contributed by atoms with Crippen molar-refractivity contribution in [3.05, 3.63) is 12.2 Å². The number of aliphatic hydroxyl groups excluding tert-OH is 1. The standard InChI is InChI=1S/C8H13N3O3/c1-2-3-11-7(9-5-10-11)4-6(12)8(13)14/h5-6,12H,2-4H2,1H3,(H,13,14). The minimum Gasteiger partial charge on any atom is -0.479 e. The van der Waals surface area contributed by atoms with E-state index in [0.29, 0.717) is 12.4 Å². The van der Waals surface area contributed by atoms with Gasteiger partial charge >= 0.3 is 5.97 Å². The Morgan fingerprint density at radius 3 is 3.00 bits per heavy atom. The van der Waals surface area contributed by atoms with Gasteiger partial charge in [0.1, 0.15) is 12.2 Å². The number of nitrogens with zero attached hydrogens (tertiary/aromatic N) is 3. The number of hydrogen-bond donors (Lipinski definition) is 2. The zero-order valence-corrected chi connectivity index (χ0v) is 7.92. The van der Waals surface area contributed by atoms with E-state index in [1.807, 2.05) is 6.92 Å². The molecule has 0 bridgehead atoms. The van der Waals surface area contributed by atoms with Gasteiger partial charge in [-0.2, -0.15) is 5.10 Å². The van der Waals surface area contributed by atoms with E-state index in [2.05, 4.69) is 10.1 Å². The number of carbonyl (C=O) groups is 1. The van der Waals surface area contributed by atoms with Crippen LogP contribution in [0.5, 0.6) is 0 Å². The van der Waals surface area contributed by atoms with Gasteiger partial charge < -0.3 is 10.2 Å². The molecule has 6 nitrogen and oxygen atoms in total. The van der Waals surface area contributed by atoms with Gasteiger partial charge in [-0.15, -0.1) is 0 Å². The lowest BCUT2D eigenvalue weighted by Gasteiger charge is -2.06. The molecule has 0 aromatic carbocycles. The SMILES string of the molecule is CCCn1ncnc1CC(O)C(=O)O. The number of aromatic nitrogens is 3. The highest BCUT2D eigenvalue weighted by Gasteiger charge is 2.17. The zero-order chi connectivity index (χ0) is 10.6. The lowest BCUT2D eigenvalue weighted by atomic mass is 10.2. The average molecular weight is 199 g/mol. The molecular formula is C8H13N3O3. The molecule has 0 fully saturated rings. The van der Waals surface area contributed by atoms with E-state index >= 15 is 0 Å². The summed E-state index contributed by atoms with van der Waals surface area (Å²) in [5.74, 6) is -0.738. The number of carboxylic acid groups (broad SMARTS) is 1. The van der Waals surface area contributed by atoms with Gasteiger partial charge in [-0.3, -0.25) is 4.68 Å². The van der Waals surface area contributed by atoms with Gasteiger partial charge in [-0.1, -0.05) is 6.92 Å². The Morgan fingerprint density at radius 2 is 2.43 bits per heavy atom. The van der Waals surface area contributed by atoms with E-state index < -0.39 is 12.1 Å². The van der Waals surface area contributed by atoms with E-state index in [1.54, 1.807) is 4.68 Å². The van der Waals surface area contributed by atoms with E-state index in [9.17, 15) is 4.79 Å². The maximum absolute atomic E-state index is 10.4. The summed E-state index contributed by atoms with van der Waals surface area (Å²) in [6, 6.07) is 0. The normalized spacial score (nSPS) is 12.7. The van der Waals surface area contributed by atoms with Crippen molar-refractivity contribution in [2.75, 3.05) is 0 Å². The molecule has 0 spiro atoms. The van der Waals surface area contributed by atoms with Crippen LogP contribution in [0.4, 0.5) is 0 Å². The first-order chi connectivity index (χ1) is 6.65. The van der Waals surface area contributed by atoms with Crippen molar-refractivity contribution in [3.63, 3.8) is 0 Å². The number of carboxylic acids is 1. The molecule has 2 N–H and O–H groups in total. The molecule has 0 aliphatic carbocycles. The third kappa shape index (κ3) is 2.53. The van der Waals surface area contributed by atoms with Gasteiger partial charge in [-0.25, -0.2) is 9.78 Å². The first kappa shape index (κ1) is 10.6. The second-order valence-electron chi connectivity index (χ2n) is 2.96. The molecule has 0 aliphatic rings. The summed E-state index contributed by atoms with van der Waals surface area (Å²) in [4.78, 5) is 14.3. The van der Waals surface area contributed by atoms with E-state index in [0.717, 1.165) is 6.42 Å². The van der Waals surface area contributed by atoms with Gasteiger partial charge in [0, 0.05) is 13.0 Å². The predicted octanol–water partition coefficient (Wildman–Crippen LogP) is -0.324. The summed E-state index contributed by atoms with van der Waals surface area (Å²) in [5.41, 5.74) is 0. The van der Waals surface area contributed by atoms with Gasteiger partial charge in [0.2, 0.25) is 0 Å². The molecule has 14 heavy (non-hydrogen) atoms. The van der Waals surface area contributed by atoms with Gasteiger partial charge in [0.05, 0.1) is 0 Å². The van der Waals surface area contributed by atoms with Crippen LogP contribution < -0.4 is 0 Å². The number of aliphatic carboxylic acids is 1. The van der Waals surface area contributed by atoms with Crippen molar-refractivity contribution in [2.45, 2.75) is 32.4 Å². The maximum atomic E-state index is 10.4. The van der Waals surface area contributed by atoms with Gasteiger partial charge in [0.15, 0.2) is 6.10 Å². The van der Waals surface area contributed by atoms with Crippen LogP contribution in [0.3, 0.4) is 0 Å². The largest absolute Gasteiger partial charge is 0.479 e. The Kier molecular flexibility index (Phi) is 3.58. The second kappa shape index (κ2) is 4.71. The minimum absolute atomic E-state index is 0.00463. The Hall–Kier alpha value is -1.43. The van der Waals surface area contributed by atoms with Crippen molar-refractivity contribution in [2.24, 2.45) is 0 Å². The first-order valence-corrected chi connectivity index (χ1v) is 4.42. The topological polar surface area (TPSA) is 88.2 Å². The molecular weight excluding hydrogens is 186 g/mol. The zero-order valence-electron chi connectivity index (χ0n) is 7.92. The molecule has 0 saturated heterocycles. The number of hydrogen-bond acceptors (Lipinski definition) is 4. The molecule has 78 valence electrons. The summed E-state index contributed by atoms with van der Waals surface area (Å²) in [5, 5.41) is 21.5. The van der Waals surface area contributed by atoms with Crippen molar-refractivity contribution >= 4 is 5.97 Å². The number of aliphatic hydroxyl groups is 1. The fourth-order valence-corrected chi connectivity index (χ4v) is 1.11. The number of rotatable bonds is 5. The molecule has 0 aliphatic heterocycles. The van der Waals surface area contributed by atoms with Crippen LogP contribution in [0.25, 0.3) is 0 Å². The summed E-state index contributed by atoms with van der Waals surface area (Å²) in [6.07, 6.45) is 0.837. The van der Waals surface area contributed by atoms with Crippen LogP contribution >= 0.6 is 0 Å². The van der Waals surface area contributed by atoms with Crippen molar-refractivity contribution in [1.82, 2.24) is 14.8 Å². The minimum atomic E-state index is -1.41. The molecule has 0 amide bonds. The van der Waals surface area contributed by atoms with Crippen molar-refractivity contribution < 1.29 is 15.0 Å². The molecule has 0 saturated carbocycles. The maximum Gasteiger partial charge on any atom is 0.332 e. The monoisotopic (exact) mass is 199 g/mol. The highest BCUT2D eigenvalue weighted by Crippen LogP contribution is 2.00. The van der Waals surface area contributed by atoms with Crippen LogP contribution in [-0.4, -0.2) is 37.1 Å². The first-order valence-electron chi connectivity index (χ1n) is 4.42. The molecule has 1 heterocycles. The van der Waals surface area contributed by atoms with Crippen molar-refractivity contribution in [3.8, 4) is 0 Å². The quantitative estimate of drug-likeness (QED) is 0.678. The van der Waals surface area contributed by atoms with Crippen molar-refractivity contribution in [1.29, 1.82) is 0 Å². The lowest BCUT2D eigenvalue weighted by molar-refractivity contribution is -0.146. The summed E-state index contributed by atoms with van der Waals surface area (Å²) in [7, 11) is 0. The third-order valence-electron chi connectivity index (χ3n) is 1.79. The highest BCUT2D eigenvalue weighted by atomic mass is 16.4. The Balaban J connectivity index is 2.66. The van der Waals surface area contributed by atoms with Crippen LogP contribution in [0, 0.1) is 0 Å². The third-order valence-corrected chi connectivity index (χ3v) is 1.79. The molecule has 6 heteroatoms. The van der Waals surface area contributed by atoms with Crippen LogP contribution in [0.1, 0.15) is 19.2 Å². The van der Waals surface area contributed by atoms with E-state index in [-0.39, 0.29) is 6.42 Å². The lowest BCUT2D eigenvalue weighted by Crippen LogP contribution is -2.24. The van der Waals surface area contributed by atoms with Crippen LogP contribution in [0.2, 0.25) is 0 Å².